The Bertz CT molecular complexity index is 115. The molecule has 0 bridgehead atoms. The zero-order chi connectivity index (χ0) is 9.23. The minimum atomic E-state index is -0.163. The van der Waals surface area contributed by atoms with Crippen molar-refractivity contribution in [3.05, 3.63) is 0 Å². The van der Waals surface area contributed by atoms with Gasteiger partial charge in [-0.25, -0.2) is 0 Å². The van der Waals surface area contributed by atoms with E-state index in [-0.39, 0.29) is 30.4 Å². The first kappa shape index (κ1) is 15.7. The van der Waals surface area contributed by atoms with Crippen LogP contribution in [0.15, 0.2) is 0 Å². The topological polar surface area (TPSA) is 26.3 Å². The summed E-state index contributed by atoms with van der Waals surface area (Å²) < 4.78 is 4.81. The molecule has 0 N–H and O–H groups in total. The Morgan fingerprint density at radius 2 is 1.62 bits per heavy atom. The maximum absolute atomic E-state index is 10.4. The van der Waals surface area contributed by atoms with Gasteiger partial charge in [0, 0.05) is 6.92 Å². The number of hydrogen-bond acceptors (Lipinski definition) is 2. The average molecular weight is 297 g/mol. The van der Waals surface area contributed by atoms with Gasteiger partial charge in [-0.15, -0.1) is 0 Å². The third kappa shape index (κ3) is 15.1. The molecular weight excluding hydrogens is 274 g/mol. The summed E-state index contributed by atoms with van der Waals surface area (Å²) in [4.78, 5) is 10.4. The molecular formula is C10H23O2Sb. The Morgan fingerprint density at radius 1 is 1.08 bits per heavy atom. The zero-order valence-corrected chi connectivity index (χ0v) is 13.0. The molecule has 0 radical (unpaired) electrons. The fourth-order valence-corrected chi connectivity index (χ4v) is 1.10. The molecule has 0 aromatic carbocycles. The molecule has 0 amide bonds. The van der Waals surface area contributed by atoms with Crippen LogP contribution in [-0.4, -0.2) is 37.0 Å². The van der Waals surface area contributed by atoms with E-state index >= 15 is 0 Å². The van der Waals surface area contributed by atoms with Crippen LogP contribution < -0.4 is 0 Å². The second kappa shape index (κ2) is 12.3. The van der Waals surface area contributed by atoms with Gasteiger partial charge in [0.05, 0.1) is 6.61 Å². The standard InChI is InChI=1S/C10H20O2.Sb.3H/c1-3-4-5-6-7-8-9-12-10(2)11;;;;/h3-9H2,1-2H3;;;;. The molecule has 0 aromatic heterocycles. The van der Waals surface area contributed by atoms with Crippen LogP contribution >= 0.6 is 0 Å². The molecule has 0 aliphatic rings. The Kier molecular flexibility index (Phi) is 14.9. The van der Waals surface area contributed by atoms with Gasteiger partial charge < -0.3 is 4.74 Å². The summed E-state index contributed by atoms with van der Waals surface area (Å²) >= 11 is 0. The summed E-state index contributed by atoms with van der Waals surface area (Å²) in [6.07, 6.45) is 7.40. The molecule has 0 saturated heterocycles. The predicted molar refractivity (Wildman–Crippen MR) is 59.9 cm³/mol. The van der Waals surface area contributed by atoms with Crippen molar-refractivity contribution in [1.82, 2.24) is 0 Å². The van der Waals surface area contributed by atoms with Gasteiger partial charge in [0.1, 0.15) is 0 Å². The zero-order valence-electron chi connectivity index (χ0n) is 8.97. The van der Waals surface area contributed by atoms with Crippen LogP contribution in [0.2, 0.25) is 0 Å². The van der Waals surface area contributed by atoms with Gasteiger partial charge in [0.25, 0.3) is 0 Å². The van der Waals surface area contributed by atoms with Crippen LogP contribution in [0.1, 0.15) is 52.4 Å². The number of rotatable bonds is 7. The summed E-state index contributed by atoms with van der Waals surface area (Å²) in [6.45, 7) is 4.26. The first-order chi connectivity index (χ1) is 5.77. The second-order valence-electron chi connectivity index (χ2n) is 3.11. The Labute approximate surface area is 98.9 Å². The maximum atomic E-state index is 10.4. The Balaban J connectivity index is 0. The van der Waals surface area contributed by atoms with Gasteiger partial charge in [-0.05, 0) is 6.42 Å². The quantitative estimate of drug-likeness (QED) is 0.406. The summed E-state index contributed by atoms with van der Waals surface area (Å²) in [5.74, 6) is -0.163. The van der Waals surface area contributed by atoms with Crippen molar-refractivity contribution in [2.75, 3.05) is 6.61 Å². The van der Waals surface area contributed by atoms with E-state index in [0.717, 1.165) is 6.42 Å². The second-order valence-corrected chi connectivity index (χ2v) is 3.11. The number of carbonyl (C=O) groups excluding carboxylic acids is 1. The molecule has 2 nitrogen and oxygen atoms in total. The molecule has 80 valence electrons. The average Bonchev–Trinajstić information content (AvgIpc) is 2.02. The van der Waals surface area contributed by atoms with E-state index in [0.29, 0.717) is 6.61 Å². The fraction of sp³-hybridized carbons (Fsp3) is 0.900. The predicted octanol–water partition coefficient (Wildman–Crippen LogP) is 1.73. The molecule has 0 aliphatic carbocycles. The Morgan fingerprint density at radius 3 is 2.15 bits per heavy atom. The van der Waals surface area contributed by atoms with Crippen LogP contribution in [0.25, 0.3) is 0 Å². The van der Waals surface area contributed by atoms with E-state index in [9.17, 15) is 4.79 Å². The molecule has 0 heterocycles. The molecule has 0 aliphatic heterocycles. The molecule has 0 aromatic rings. The van der Waals surface area contributed by atoms with E-state index in [1.54, 1.807) is 0 Å². The molecule has 0 unspecified atom stereocenters. The number of esters is 1. The number of hydrogen-bond donors (Lipinski definition) is 0. The minimum absolute atomic E-state index is 0. The van der Waals surface area contributed by atoms with E-state index < -0.39 is 0 Å². The molecule has 0 fully saturated rings. The van der Waals surface area contributed by atoms with Crippen LogP contribution in [-0.2, 0) is 9.53 Å². The monoisotopic (exact) mass is 296 g/mol. The fourth-order valence-electron chi connectivity index (χ4n) is 1.10. The normalized spacial score (nSPS) is 9.08. The van der Waals surface area contributed by atoms with Crippen molar-refractivity contribution in [2.45, 2.75) is 52.4 Å². The summed E-state index contributed by atoms with van der Waals surface area (Å²) in [7, 11) is 0. The summed E-state index contributed by atoms with van der Waals surface area (Å²) in [5.41, 5.74) is 0. The molecule has 0 saturated carbocycles. The van der Waals surface area contributed by atoms with Crippen molar-refractivity contribution in [3.8, 4) is 0 Å². The van der Waals surface area contributed by atoms with Crippen molar-refractivity contribution in [2.24, 2.45) is 0 Å². The van der Waals surface area contributed by atoms with Crippen LogP contribution in [0.3, 0.4) is 0 Å². The van der Waals surface area contributed by atoms with Crippen molar-refractivity contribution in [1.29, 1.82) is 0 Å². The van der Waals surface area contributed by atoms with Crippen LogP contribution in [0.4, 0.5) is 0 Å². The molecule has 13 heavy (non-hydrogen) atoms. The molecule has 0 atom stereocenters. The van der Waals surface area contributed by atoms with Gasteiger partial charge in [-0.2, -0.15) is 0 Å². The first-order valence-electron chi connectivity index (χ1n) is 4.90. The van der Waals surface area contributed by atoms with Gasteiger partial charge in [0.2, 0.25) is 0 Å². The number of unbranched alkanes of at least 4 members (excludes halogenated alkanes) is 5. The third-order valence-electron chi connectivity index (χ3n) is 1.80. The van der Waals surface area contributed by atoms with Crippen molar-refractivity contribution >= 4 is 30.4 Å². The van der Waals surface area contributed by atoms with E-state index in [1.165, 1.54) is 39.0 Å². The van der Waals surface area contributed by atoms with Gasteiger partial charge in [0.15, 0.2) is 0 Å². The van der Waals surface area contributed by atoms with E-state index in [2.05, 4.69) is 6.92 Å². The van der Waals surface area contributed by atoms with Gasteiger partial charge in [-0.3, -0.25) is 4.79 Å². The van der Waals surface area contributed by atoms with Crippen LogP contribution in [0.5, 0.6) is 0 Å². The first-order valence-corrected chi connectivity index (χ1v) is 4.90. The third-order valence-corrected chi connectivity index (χ3v) is 1.80. The molecule has 0 spiro atoms. The van der Waals surface area contributed by atoms with E-state index in [4.69, 9.17) is 4.74 Å². The Hall–Kier alpha value is 0.288. The molecule has 0 rings (SSSR count). The van der Waals surface area contributed by atoms with Crippen LogP contribution in [0, 0.1) is 0 Å². The summed E-state index contributed by atoms with van der Waals surface area (Å²) in [6, 6.07) is 0. The van der Waals surface area contributed by atoms with Gasteiger partial charge in [-0.1, -0.05) is 39.0 Å². The number of carbonyl (C=O) groups is 1. The number of ether oxygens (including phenoxy) is 1. The van der Waals surface area contributed by atoms with Crippen molar-refractivity contribution < 1.29 is 9.53 Å². The summed E-state index contributed by atoms with van der Waals surface area (Å²) in [5, 5.41) is 0. The molecule has 3 heteroatoms. The van der Waals surface area contributed by atoms with E-state index in [1.807, 2.05) is 0 Å². The SMILES string of the molecule is CCCCCCCCOC(C)=O.[SbH3]. The van der Waals surface area contributed by atoms with Crippen molar-refractivity contribution in [3.63, 3.8) is 0 Å². The van der Waals surface area contributed by atoms with Gasteiger partial charge >= 0.3 is 30.4 Å².